The molecule has 18 heavy (non-hydrogen) atoms. The van der Waals surface area contributed by atoms with E-state index >= 15 is 0 Å². The number of H-pyrrole nitrogens is 1. The molecule has 0 aliphatic carbocycles. The highest BCUT2D eigenvalue weighted by atomic mass is 15.6. The minimum atomic E-state index is 0.599. The van der Waals surface area contributed by atoms with Gasteiger partial charge in [0.15, 0.2) is 0 Å². The first-order chi connectivity index (χ1) is 8.93. The van der Waals surface area contributed by atoms with Gasteiger partial charge in [-0.3, -0.25) is 5.10 Å². The SMILES string of the molecule is c1ccc(-n2nnnc2NCc2cn[nH]c2)cc1. The first-order valence-corrected chi connectivity index (χ1v) is 5.49. The summed E-state index contributed by atoms with van der Waals surface area (Å²) in [7, 11) is 0. The van der Waals surface area contributed by atoms with Crippen molar-refractivity contribution < 1.29 is 0 Å². The van der Waals surface area contributed by atoms with Crippen LogP contribution in [0.1, 0.15) is 5.56 Å². The lowest BCUT2D eigenvalue weighted by Crippen LogP contribution is -2.06. The zero-order chi connectivity index (χ0) is 12.2. The van der Waals surface area contributed by atoms with Crippen LogP contribution in [0.5, 0.6) is 0 Å². The molecule has 7 nitrogen and oxygen atoms in total. The molecule has 3 rings (SSSR count). The van der Waals surface area contributed by atoms with Gasteiger partial charge in [-0.05, 0) is 22.6 Å². The van der Waals surface area contributed by atoms with E-state index in [9.17, 15) is 0 Å². The maximum absolute atomic E-state index is 3.96. The van der Waals surface area contributed by atoms with Gasteiger partial charge in [0.05, 0.1) is 11.9 Å². The highest BCUT2D eigenvalue weighted by Gasteiger charge is 2.07. The maximum atomic E-state index is 3.96. The largest absolute Gasteiger partial charge is 0.349 e. The van der Waals surface area contributed by atoms with Crippen molar-refractivity contribution in [3.05, 3.63) is 48.3 Å². The second-order valence-corrected chi connectivity index (χ2v) is 3.71. The van der Waals surface area contributed by atoms with Crippen molar-refractivity contribution in [1.82, 2.24) is 30.4 Å². The van der Waals surface area contributed by atoms with E-state index in [2.05, 4.69) is 31.0 Å². The van der Waals surface area contributed by atoms with Crippen LogP contribution in [0.25, 0.3) is 5.69 Å². The molecule has 0 unspecified atom stereocenters. The number of aromatic amines is 1. The summed E-state index contributed by atoms with van der Waals surface area (Å²) in [6, 6.07) is 9.72. The van der Waals surface area contributed by atoms with Gasteiger partial charge in [0.25, 0.3) is 0 Å². The molecule has 2 N–H and O–H groups in total. The third-order valence-electron chi connectivity index (χ3n) is 2.48. The van der Waals surface area contributed by atoms with Gasteiger partial charge < -0.3 is 5.32 Å². The first-order valence-electron chi connectivity index (χ1n) is 5.49. The minimum absolute atomic E-state index is 0.599. The van der Waals surface area contributed by atoms with Crippen molar-refractivity contribution in [1.29, 1.82) is 0 Å². The Labute approximate surface area is 103 Å². The monoisotopic (exact) mass is 241 g/mol. The fourth-order valence-corrected chi connectivity index (χ4v) is 1.60. The van der Waals surface area contributed by atoms with Gasteiger partial charge in [-0.1, -0.05) is 23.3 Å². The second kappa shape index (κ2) is 4.66. The Bertz CT molecular complexity index is 599. The molecular weight excluding hydrogens is 230 g/mol. The predicted molar refractivity (Wildman–Crippen MR) is 65.1 cm³/mol. The number of hydrogen-bond acceptors (Lipinski definition) is 5. The lowest BCUT2D eigenvalue weighted by molar-refractivity contribution is 0.789. The van der Waals surface area contributed by atoms with Gasteiger partial charge in [0.2, 0.25) is 5.95 Å². The summed E-state index contributed by atoms with van der Waals surface area (Å²) >= 11 is 0. The molecule has 90 valence electrons. The van der Waals surface area contributed by atoms with Crippen LogP contribution in [0.3, 0.4) is 0 Å². The van der Waals surface area contributed by atoms with Crippen LogP contribution in [0, 0.1) is 0 Å². The van der Waals surface area contributed by atoms with Crippen LogP contribution < -0.4 is 5.32 Å². The van der Waals surface area contributed by atoms with Crippen molar-refractivity contribution in [2.45, 2.75) is 6.54 Å². The smallest absolute Gasteiger partial charge is 0.248 e. The summed E-state index contributed by atoms with van der Waals surface area (Å²) in [5, 5.41) is 21.4. The molecule has 0 aliphatic rings. The summed E-state index contributed by atoms with van der Waals surface area (Å²) in [4.78, 5) is 0. The third-order valence-corrected chi connectivity index (χ3v) is 2.48. The Kier molecular flexibility index (Phi) is 2.71. The highest BCUT2D eigenvalue weighted by molar-refractivity contribution is 5.38. The van der Waals surface area contributed by atoms with Crippen molar-refractivity contribution in [3.8, 4) is 5.69 Å². The zero-order valence-electron chi connectivity index (χ0n) is 9.48. The maximum Gasteiger partial charge on any atom is 0.248 e. The first kappa shape index (κ1) is 10.5. The fraction of sp³-hybridized carbons (Fsp3) is 0.0909. The van der Waals surface area contributed by atoms with Crippen LogP contribution >= 0.6 is 0 Å². The summed E-state index contributed by atoms with van der Waals surface area (Å²) in [5.41, 5.74) is 1.95. The average Bonchev–Trinajstić information content (AvgIpc) is 3.09. The molecular formula is C11H11N7. The average molecular weight is 241 g/mol. The molecule has 7 heteroatoms. The molecule has 0 saturated carbocycles. The summed E-state index contributed by atoms with van der Waals surface area (Å²) in [6.45, 7) is 0.615. The predicted octanol–water partition coefficient (Wildman–Crippen LogP) is 0.997. The second-order valence-electron chi connectivity index (χ2n) is 3.71. The van der Waals surface area contributed by atoms with E-state index in [1.165, 1.54) is 0 Å². The van der Waals surface area contributed by atoms with Gasteiger partial charge in [0, 0.05) is 18.3 Å². The van der Waals surface area contributed by atoms with E-state index in [0.717, 1.165) is 11.3 Å². The number of nitrogens with zero attached hydrogens (tertiary/aromatic N) is 5. The van der Waals surface area contributed by atoms with Gasteiger partial charge in [0.1, 0.15) is 0 Å². The van der Waals surface area contributed by atoms with Crippen molar-refractivity contribution in [3.63, 3.8) is 0 Å². The zero-order valence-corrected chi connectivity index (χ0v) is 9.48. The summed E-state index contributed by atoms with van der Waals surface area (Å²) in [5.74, 6) is 0.599. The Morgan fingerprint density at radius 3 is 2.89 bits per heavy atom. The number of tetrazole rings is 1. The molecule has 0 saturated heterocycles. The number of benzene rings is 1. The topological polar surface area (TPSA) is 84.3 Å². The Morgan fingerprint density at radius 2 is 2.11 bits per heavy atom. The fourth-order valence-electron chi connectivity index (χ4n) is 1.60. The number of anilines is 1. The Morgan fingerprint density at radius 1 is 1.22 bits per heavy atom. The van der Waals surface area contributed by atoms with Crippen LogP contribution in [-0.2, 0) is 6.54 Å². The molecule has 3 aromatic rings. The minimum Gasteiger partial charge on any atom is -0.349 e. The standard InChI is InChI=1S/C11H11N7/c1-2-4-10(5-3-1)18-11(15-16-17-18)12-6-9-7-13-14-8-9/h1-5,7-8H,6H2,(H,13,14)(H,12,15,17). The van der Waals surface area contributed by atoms with Gasteiger partial charge >= 0.3 is 0 Å². The molecule has 0 aliphatic heterocycles. The highest BCUT2D eigenvalue weighted by Crippen LogP contribution is 2.11. The van der Waals surface area contributed by atoms with E-state index in [-0.39, 0.29) is 0 Å². The molecule has 1 aromatic carbocycles. The van der Waals surface area contributed by atoms with Crippen LogP contribution in [0.2, 0.25) is 0 Å². The van der Waals surface area contributed by atoms with E-state index in [1.54, 1.807) is 10.9 Å². The molecule has 0 bridgehead atoms. The molecule has 0 spiro atoms. The lowest BCUT2D eigenvalue weighted by Gasteiger charge is -2.05. The molecule has 0 fully saturated rings. The Balaban J connectivity index is 1.80. The Hall–Kier alpha value is -2.70. The number of aromatic nitrogens is 6. The van der Waals surface area contributed by atoms with Crippen molar-refractivity contribution in [2.24, 2.45) is 0 Å². The van der Waals surface area contributed by atoms with Gasteiger partial charge in [-0.15, -0.1) is 0 Å². The van der Waals surface area contributed by atoms with Gasteiger partial charge in [-0.2, -0.15) is 9.78 Å². The molecule has 2 aromatic heterocycles. The third kappa shape index (κ3) is 2.05. The van der Waals surface area contributed by atoms with Crippen molar-refractivity contribution in [2.75, 3.05) is 5.32 Å². The normalized spacial score (nSPS) is 10.4. The van der Waals surface area contributed by atoms with Gasteiger partial charge in [-0.25, -0.2) is 0 Å². The van der Waals surface area contributed by atoms with E-state index < -0.39 is 0 Å². The number of para-hydroxylation sites is 1. The lowest BCUT2D eigenvalue weighted by atomic mass is 10.3. The van der Waals surface area contributed by atoms with E-state index in [0.29, 0.717) is 12.5 Å². The number of hydrogen-bond donors (Lipinski definition) is 2. The summed E-state index contributed by atoms with van der Waals surface area (Å²) < 4.78 is 1.65. The van der Waals surface area contributed by atoms with E-state index in [4.69, 9.17) is 0 Å². The van der Waals surface area contributed by atoms with Crippen LogP contribution in [0.4, 0.5) is 5.95 Å². The van der Waals surface area contributed by atoms with E-state index in [1.807, 2.05) is 36.5 Å². The van der Waals surface area contributed by atoms with Crippen molar-refractivity contribution >= 4 is 5.95 Å². The molecule has 2 heterocycles. The molecule has 0 radical (unpaired) electrons. The quantitative estimate of drug-likeness (QED) is 0.711. The summed E-state index contributed by atoms with van der Waals surface area (Å²) in [6.07, 6.45) is 3.58. The molecule has 0 atom stereocenters. The number of nitrogens with one attached hydrogen (secondary N) is 2. The van der Waals surface area contributed by atoms with Crippen LogP contribution in [-0.4, -0.2) is 30.4 Å². The van der Waals surface area contributed by atoms with Crippen LogP contribution in [0.15, 0.2) is 42.7 Å². The number of rotatable bonds is 4. The molecule has 0 amide bonds.